The van der Waals surface area contributed by atoms with Crippen LogP contribution in [0.1, 0.15) is 129 Å². The summed E-state index contributed by atoms with van der Waals surface area (Å²) in [5.74, 6) is 0. The van der Waals surface area contributed by atoms with Crippen molar-refractivity contribution < 1.29 is 9.53 Å². The van der Waals surface area contributed by atoms with E-state index >= 15 is 0 Å². The van der Waals surface area contributed by atoms with Crippen molar-refractivity contribution in [3.8, 4) is 0 Å². The Hall–Kier alpha value is -0.790. The number of rotatable bonds is 22. The highest BCUT2D eigenvalue weighted by molar-refractivity contribution is 5.36. The lowest BCUT2D eigenvalue weighted by Gasteiger charge is -2.02. The van der Waals surface area contributed by atoms with E-state index in [-0.39, 0.29) is 0 Å². The summed E-state index contributed by atoms with van der Waals surface area (Å²) in [7, 11) is 0. The standard InChI is InChI=1S/C24H46O2/c1-2-3-4-5-6-7-8-9-10-11-12-13-14-15-16-17-18-19-20-21-22-23-26-24-25/h9-10,24H,2-8,11-23H2,1H3/b10-9-. The largest absolute Gasteiger partial charge is 0.468 e. The zero-order valence-electron chi connectivity index (χ0n) is 17.7. The Bertz CT molecular complexity index is 286. The Balaban J connectivity index is 3.04. The molecule has 2 heteroatoms. The molecule has 0 saturated heterocycles. The van der Waals surface area contributed by atoms with Gasteiger partial charge in [0.1, 0.15) is 0 Å². The van der Waals surface area contributed by atoms with E-state index in [1.807, 2.05) is 0 Å². The van der Waals surface area contributed by atoms with Gasteiger partial charge in [0, 0.05) is 0 Å². The Morgan fingerprint density at radius 2 is 0.923 bits per heavy atom. The lowest BCUT2D eigenvalue weighted by Crippen LogP contribution is -1.91. The van der Waals surface area contributed by atoms with Crippen molar-refractivity contribution in [1.29, 1.82) is 0 Å². The average Bonchev–Trinajstić information content (AvgIpc) is 2.66. The molecular weight excluding hydrogens is 320 g/mol. The lowest BCUT2D eigenvalue weighted by atomic mass is 10.0. The van der Waals surface area contributed by atoms with Gasteiger partial charge in [-0.25, -0.2) is 0 Å². The first-order valence-corrected chi connectivity index (χ1v) is 11.6. The fraction of sp³-hybridized carbons (Fsp3) is 0.875. The summed E-state index contributed by atoms with van der Waals surface area (Å²) in [6.07, 6.45) is 30.4. The molecule has 0 atom stereocenters. The summed E-state index contributed by atoms with van der Waals surface area (Å²) < 4.78 is 4.69. The van der Waals surface area contributed by atoms with Crippen LogP contribution in [0, 0.1) is 0 Å². The molecule has 0 rings (SSSR count). The van der Waals surface area contributed by atoms with Gasteiger partial charge in [-0.3, -0.25) is 4.79 Å². The summed E-state index contributed by atoms with van der Waals surface area (Å²) in [6.45, 7) is 3.42. The van der Waals surface area contributed by atoms with Crippen LogP contribution in [0.4, 0.5) is 0 Å². The van der Waals surface area contributed by atoms with E-state index in [2.05, 4.69) is 23.8 Å². The number of carbonyl (C=O) groups is 1. The van der Waals surface area contributed by atoms with E-state index in [0.717, 1.165) is 6.42 Å². The predicted molar refractivity (Wildman–Crippen MR) is 115 cm³/mol. The quantitative estimate of drug-likeness (QED) is 0.110. The molecule has 0 bridgehead atoms. The van der Waals surface area contributed by atoms with Crippen LogP contribution in [0.25, 0.3) is 0 Å². The van der Waals surface area contributed by atoms with Gasteiger partial charge < -0.3 is 4.74 Å². The third-order valence-corrected chi connectivity index (χ3v) is 5.09. The van der Waals surface area contributed by atoms with Crippen molar-refractivity contribution in [3.05, 3.63) is 12.2 Å². The molecule has 0 fully saturated rings. The van der Waals surface area contributed by atoms with Crippen LogP contribution in [0.5, 0.6) is 0 Å². The Kier molecular flexibility index (Phi) is 23.5. The van der Waals surface area contributed by atoms with Gasteiger partial charge in [-0.15, -0.1) is 0 Å². The van der Waals surface area contributed by atoms with E-state index in [4.69, 9.17) is 0 Å². The van der Waals surface area contributed by atoms with Gasteiger partial charge in [0.25, 0.3) is 6.47 Å². The molecule has 0 aliphatic heterocycles. The molecule has 0 amide bonds. The highest BCUT2D eigenvalue weighted by atomic mass is 16.5. The number of carbonyl (C=O) groups excluding carboxylic acids is 1. The topological polar surface area (TPSA) is 26.3 Å². The van der Waals surface area contributed by atoms with Crippen LogP contribution in [0.3, 0.4) is 0 Å². The molecule has 0 N–H and O–H groups in total. The molecule has 0 saturated carbocycles. The minimum Gasteiger partial charge on any atom is -0.468 e. The van der Waals surface area contributed by atoms with Crippen LogP contribution in [0.2, 0.25) is 0 Å². The second-order valence-corrected chi connectivity index (χ2v) is 7.67. The average molecular weight is 367 g/mol. The molecule has 0 heterocycles. The molecule has 0 aliphatic carbocycles. The van der Waals surface area contributed by atoms with Crippen molar-refractivity contribution in [1.82, 2.24) is 0 Å². The summed E-state index contributed by atoms with van der Waals surface area (Å²) >= 11 is 0. The summed E-state index contributed by atoms with van der Waals surface area (Å²) in [6, 6.07) is 0. The highest BCUT2D eigenvalue weighted by Crippen LogP contribution is 2.12. The van der Waals surface area contributed by atoms with E-state index < -0.39 is 0 Å². The molecular formula is C24H46O2. The Morgan fingerprint density at radius 3 is 1.35 bits per heavy atom. The van der Waals surface area contributed by atoms with Gasteiger partial charge in [0.15, 0.2) is 0 Å². The number of unbranched alkanes of at least 4 members (excludes halogenated alkanes) is 17. The molecule has 0 aromatic heterocycles. The SMILES string of the molecule is CCCCCCCC/C=C\CCCCCCCCCCCCCOC=O. The lowest BCUT2D eigenvalue weighted by molar-refractivity contribution is -0.128. The molecule has 0 aromatic carbocycles. The molecule has 0 radical (unpaired) electrons. The molecule has 0 spiro atoms. The van der Waals surface area contributed by atoms with Gasteiger partial charge >= 0.3 is 0 Å². The van der Waals surface area contributed by atoms with Crippen molar-refractivity contribution in [2.75, 3.05) is 6.61 Å². The monoisotopic (exact) mass is 366 g/mol. The maximum Gasteiger partial charge on any atom is 0.293 e. The van der Waals surface area contributed by atoms with Crippen LogP contribution in [0.15, 0.2) is 12.2 Å². The van der Waals surface area contributed by atoms with Gasteiger partial charge in [0.05, 0.1) is 6.61 Å². The van der Waals surface area contributed by atoms with Crippen LogP contribution in [-0.4, -0.2) is 13.1 Å². The number of hydrogen-bond acceptors (Lipinski definition) is 2. The molecule has 154 valence electrons. The molecule has 0 unspecified atom stereocenters. The normalized spacial score (nSPS) is 11.3. The summed E-state index contributed by atoms with van der Waals surface area (Å²) in [4.78, 5) is 9.99. The summed E-state index contributed by atoms with van der Waals surface area (Å²) in [5, 5.41) is 0. The van der Waals surface area contributed by atoms with Gasteiger partial charge in [-0.05, 0) is 32.1 Å². The first-order chi connectivity index (χ1) is 12.9. The Labute approximate surface area is 164 Å². The van der Waals surface area contributed by atoms with Crippen LogP contribution < -0.4 is 0 Å². The molecule has 0 aliphatic rings. The highest BCUT2D eigenvalue weighted by Gasteiger charge is 1.94. The Morgan fingerprint density at radius 1 is 0.538 bits per heavy atom. The second-order valence-electron chi connectivity index (χ2n) is 7.67. The number of allylic oxidation sites excluding steroid dienone is 2. The van der Waals surface area contributed by atoms with Gasteiger partial charge in [-0.2, -0.15) is 0 Å². The molecule has 2 nitrogen and oxygen atoms in total. The fourth-order valence-corrected chi connectivity index (χ4v) is 3.36. The number of ether oxygens (including phenoxy) is 1. The van der Waals surface area contributed by atoms with E-state index in [0.29, 0.717) is 13.1 Å². The predicted octanol–water partition coefficient (Wildman–Crippen LogP) is 8.15. The first-order valence-electron chi connectivity index (χ1n) is 11.6. The van der Waals surface area contributed by atoms with Crippen molar-refractivity contribution in [2.24, 2.45) is 0 Å². The van der Waals surface area contributed by atoms with Crippen LogP contribution >= 0.6 is 0 Å². The number of hydrogen-bond donors (Lipinski definition) is 0. The minimum absolute atomic E-state index is 0.548. The smallest absolute Gasteiger partial charge is 0.293 e. The van der Waals surface area contributed by atoms with E-state index in [1.54, 1.807) is 0 Å². The third-order valence-electron chi connectivity index (χ3n) is 5.09. The minimum atomic E-state index is 0.548. The molecule has 0 aromatic rings. The van der Waals surface area contributed by atoms with Crippen LogP contribution in [-0.2, 0) is 9.53 Å². The van der Waals surface area contributed by atoms with Crippen molar-refractivity contribution in [3.63, 3.8) is 0 Å². The molecule has 26 heavy (non-hydrogen) atoms. The zero-order valence-corrected chi connectivity index (χ0v) is 17.7. The first kappa shape index (κ1) is 25.2. The zero-order chi connectivity index (χ0) is 19.0. The van der Waals surface area contributed by atoms with Gasteiger partial charge in [0.2, 0.25) is 0 Å². The maximum absolute atomic E-state index is 9.99. The van der Waals surface area contributed by atoms with Crippen molar-refractivity contribution in [2.45, 2.75) is 129 Å². The third kappa shape index (κ3) is 23.2. The van der Waals surface area contributed by atoms with Gasteiger partial charge in [-0.1, -0.05) is 109 Å². The maximum atomic E-state index is 9.99. The summed E-state index contributed by atoms with van der Waals surface area (Å²) in [5.41, 5.74) is 0. The van der Waals surface area contributed by atoms with E-state index in [9.17, 15) is 4.79 Å². The van der Waals surface area contributed by atoms with E-state index in [1.165, 1.54) is 116 Å². The second kappa shape index (κ2) is 24.2. The van der Waals surface area contributed by atoms with Crippen molar-refractivity contribution >= 4 is 6.47 Å². The fourth-order valence-electron chi connectivity index (χ4n) is 3.36.